The van der Waals surface area contributed by atoms with Crippen molar-refractivity contribution in [2.45, 2.75) is 0 Å². The van der Waals surface area contributed by atoms with Gasteiger partial charge >= 0.3 is 5.56 Å². The molecule has 0 aliphatic carbocycles. The van der Waals surface area contributed by atoms with Gasteiger partial charge in [0.05, 0.1) is 11.0 Å². The molecule has 2 aromatic carbocycles. The topological polar surface area (TPSA) is 44.1 Å². The lowest BCUT2D eigenvalue weighted by Gasteiger charge is -2.09. The van der Waals surface area contributed by atoms with Crippen LogP contribution in [0.3, 0.4) is 0 Å². The minimum atomic E-state index is -0.896. The van der Waals surface area contributed by atoms with Crippen molar-refractivity contribution in [2.24, 2.45) is 7.05 Å². The maximum Gasteiger partial charge on any atom is 0.313 e. The fourth-order valence-corrected chi connectivity index (χ4v) is 1.98. The van der Waals surface area contributed by atoms with Crippen molar-refractivity contribution in [3.05, 3.63) is 64.5 Å². The lowest BCUT2D eigenvalue weighted by atomic mass is 10.3. The maximum atomic E-state index is 13.6. The Bertz CT molecular complexity index is 890. The number of para-hydroxylation sites is 2. The normalized spacial score (nSPS) is 10.8. The number of nitrogens with zero attached hydrogens (tertiary/aromatic N) is 2. The van der Waals surface area contributed by atoms with Crippen LogP contribution in [-0.2, 0) is 7.05 Å². The second-order valence-corrected chi connectivity index (χ2v) is 4.45. The van der Waals surface area contributed by atoms with Gasteiger partial charge in [0.2, 0.25) is 0 Å². The average molecular weight is 288 g/mol. The molecule has 0 saturated heterocycles. The third-order valence-electron chi connectivity index (χ3n) is 3.05. The Hall–Kier alpha value is -2.76. The molecular weight excluding hydrogens is 278 g/mol. The van der Waals surface area contributed by atoms with Crippen molar-refractivity contribution in [3.63, 3.8) is 0 Å². The van der Waals surface area contributed by atoms with Gasteiger partial charge in [-0.05, 0) is 24.3 Å². The van der Waals surface area contributed by atoms with E-state index in [1.165, 1.54) is 4.57 Å². The zero-order chi connectivity index (χ0) is 15.0. The predicted molar refractivity (Wildman–Crippen MR) is 73.4 cm³/mol. The van der Waals surface area contributed by atoms with Crippen molar-refractivity contribution < 1.29 is 13.5 Å². The number of rotatable bonds is 2. The van der Waals surface area contributed by atoms with Crippen LogP contribution in [0.2, 0.25) is 0 Å². The Balaban J connectivity index is 2.12. The quantitative estimate of drug-likeness (QED) is 0.728. The Labute approximate surface area is 118 Å². The number of ether oxygens (including phenoxy) is 1. The largest absolute Gasteiger partial charge is 0.431 e. The van der Waals surface area contributed by atoms with Gasteiger partial charge in [-0.3, -0.25) is 4.79 Å². The van der Waals surface area contributed by atoms with E-state index in [1.54, 1.807) is 31.3 Å². The first-order valence-electron chi connectivity index (χ1n) is 6.15. The molecule has 0 radical (unpaired) electrons. The van der Waals surface area contributed by atoms with Gasteiger partial charge in [-0.15, -0.1) is 0 Å². The molecule has 3 rings (SSSR count). The highest BCUT2D eigenvalue weighted by molar-refractivity contribution is 5.74. The first-order valence-corrected chi connectivity index (χ1v) is 6.15. The standard InChI is InChI=1S/C15H10F2N2O2/c1-19-12-5-3-2-4-11(12)18-14(15(19)20)21-13-7-6-9(16)8-10(13)17/h2-8H,1H3. The molecule has 0 saturated carbocycles. The summed E-state index contributed by atoms with van der Waals surface area (Å²) >= 11 is 0. The van der Waals surface area contributed by atoms with Crippen molar-refractivity contribution in [2.75, 3.05) is 0 Å². The van der Waals surface area contributed by atoms with Crippen LogP contribution in [0, 0.1) is 11.6 Å². The Morgan fingerprint density at radius 2 is 1.90 bits per heavy atom. The molecule has 1 aromatic heterocycles. The number of benzene rings is 2. The molecule has 106 valence electrons. The van der Waals surface area contributed by atoms with Crippen LogP contribution < -0.4 is 10.3 Å². The van der Waals surface area contributed by atoms with E-state index in [2.05, 4.69) is 4.98 Å². The van der Waals surface area contributed by atoms with Gasteiger partial charge in [0, 0.05) is 13.1 Å². The zero-order valence-corrected chi connectivity index (χ0v) is 11.0. The van der Waals surface area contributed by atoms with E-state index in [4.69, 9.17) is 4.74 Å². The van der Waals surface area contributed by atoms with Gasteiger partial charge in [0.15, 0.2) is 11.6 Å². The van der Waals surface area contributed by atoms with Gasteiger partial charge in [0.1, 0.15) is 5.82 Å². The molecule has 0 unspecified atom stereocenters. The highest BCUT2D eigenvalue weighted by Crippen LogP contribution is 2.22. The Morgan fingerprint density at radius 1 is 1.14 bits per heavy atom. The minimum absolute atomic E-state index is 0.253. The predicted octanol–water partition coefficient (Wildman–Crippen LogP) is 3.00. The van der Waals surface area contributed by atoms with E-state index in [0.29, 0.717) is 17.1 Å². The number of aromatic nitrogens is 2. The highest BCUT2D eigenvalue weighted by Gasteiger charge is 2.13. The van der Waals surface area contributed by atoms with Crippen molar-refractivity contribution in [3.8, 4) is 11.6 Å². The van der Waals surface area contributed by atoms with Crippen LogP contribution in [0.4, 0.5) is 8.78 Å². The summed E-state index contributed by atoms with van der Waals surface area (Å²) in [5, 5.41) is 0. The number of hydrogen-bond acceptors (Lipinski definition) is 3. The summed E-state index contributed by atoms with van der Waals surface area (Å²) in [5.41, 5.74) is 0.670. The minimum Gasteiger partial charge on any atom is -0.431 e. The molecule has 4 nitrogen and oxygen atoms in total. The van der Waals surface area contributed by atoms with Crippen LogP contribution in [0.1, 0.15) is 0 Å². The second kappa shape index (κ2) is 4.97. The van der Waals surface area contributed by atoms with Crippen molar-refractivity contribution in [1.29, 1.82) is 0 Å². The lowest BCUT2D eigenvalue weighted by Crippen LogP contribution is -2.20. The van der Waals surface area contributed by atoms with E-state index in [1.807, 2.05) is 0 Å². The molecule has 21 heavy (non-hydrogen) atoms. The summed E-state index contributed by atoms with van der Waals surface area (Å²) in [7, 11) is 1.57. The van der Waals surface area contributed by atoms with Gasteiger partial charge < -0.3 is 9.30 Å². The smallest absolute Gasteiger partial charge is 0.313 e. The molecule has 0 aliphatic heterocycles. The molecule has 1 heterocycles. The molecule has 3 aromatic rings. The third-order valence-corrected chi connectivity index (χ3v) is 3.05. The monoisotopic (exact) mass is 288 g/mol. The van der Waals surface area contributed by atoms with Gasteiger partial charge in [-0.2, -0.15) is 0 Å². The van der Waals surface area contributed by atoms with Gasteiger partial charge in [-0.25, -0.2) is 13.8 Å². The fraction of sp³-hybridized carbons (Fsp3) is 0.0667. The Kier molecular flexibility index (Phi) is 3.13. The molecule has 0 atom stereocenters. The van der Waals surface area contributed by atoms with Crippen LogP contribution in [0.5, 0.6) is 11.6 Å². The van der Waals surface area contributed by atoms with Crippen LogP contribution >= 0.6 is 0 Å². The van der Waals surface area contributed by atoms with Crippen LogP contribution in [0.25, 0.3) is 11.0 Å². The summed E-state index contributed by atoms with van der Waals surface area (Å²) in [4.78, 5) is 16.2. The van der Waals surface area contributed by atoms with Crippen LogP contribution in [-0.4, -0.2) is 9.55 Å². The summed E-state index contributed by atoms with van der Waals surface area (Å²) < 4.78 is 33.0. The molecule has 0 amide bonds. The second-order valence-electron chi connectivity index (χ2n) is 4.45. The SMILES string of the molecule is Cn1c(=O)c(Oc2ccc(F)cc2F)nc2ccccc21. The number of fused-ring (bicyclic) bond motifs is 1. The fourth-order valence-electron chi connectivity index (χ4n) is 1.98. The summed E-state index contributed by atoms with van der Waals surface area (Å²) in [6.45, 7) is 0. The van der Waals surface area contributed by atoms with E-state index in [-0.39, 0.29) is 11.6 Å². The average Bonchev–Trinajstić information content (AvgIpc) is 2.47. The molecule has 6 heteroatoms. The van der Waals surface area contributed by atoms with E-state index >= 15 is 0 Å². The van der Waals surface area contributed by atoms with Gasteiger partial charge in [0.25, 0.3) is 5.88 Å². The molecule has 0 spiro atoms. The van der Waals surface area contributed by atoms with E-state index in [0.717, 1.165) is 12.1 Å². The number of hydrogen-bond donors (Lipinski definition) is 0. The van der Waals surface area contributed by atoms with Crippen molar-refractivity contribution in [1.82, 2.24) is 9.55 Å². The van der Waals surface area contributed by atoms with Gasteiger partial charge in [-0.1, -0.05) is 12.1 Å². The molecule has 0 bridgehead atoms. The lowest BCUT2D eigenvalue weighted by molar-refractivity contribution is 0.416. The van der Waals surface area contributed by atoms with E-state index < -0.39 is 17.2 Å². The first-order chi connectivity index (χ1) is 10.1. The third kappa shape index (κ3) is 2.35. The molecular formula is C15H10F2N2O2. The molecule has 0 fully saturated rings. The first kappa shape index (κ1) is 13.2. The Morgan fingerprint density at radius 3 is 2.67 bits per heavy atom. The summed E-state index contributed by atoms with van der Waals surface area (Å²) in [6.07, 6.45) is 0. The molecule has 0 aliphatic rings. The number of halogens is 2. The van der Waals surface area contributed by atoms with Crippen molar-refractivity contribution >= 4 is 11.0 Å². The summed E-state index contributed by atoms with van der Waals surface area (Å²) in [5.74, 6) is -2.13. The zero-order valence-electron chi connectivity index (χ0n) is 11.0. The summed E-state index contributed by atoms with van der Waals surface area (Å²) in [6, 6.07) is 9.84. The van der Waals surface area contributed by atoms with Crippen LogP contribution in [0.15, 0.2) is 47.3 Å². The molecule has 0 N–H and O–H groups in total. The maximum absolute atomic E-state index is 13.6. The highest BCUT2D eigenvalue weighted by atomic mass is 19.1. The van der Waals surface area contributed by atoms with E-state index in [9.17, 15) is 13.6 Å². The number of aryl methyl sites for hydroxylation is 1.